The molecule has 0 spiro atoms. The highest BCUT2D eigenvalue weighted by atomic mass is 16.5. The smallest absolute Gasteiger partial charge is 0.303 e. The Bertz CT molecular complexity index is 363. The summed E-state index contributed by atoms with van der Waals surface area (Å²) in [6.07, 6.45) is 0.870. The molecule has 9 nitrogen and oxygen atoms in total. The molecule has 0 saturated heterocycles. The van der Waals surface area contributed by atoms with Gasteiger partial charge in [0.05, 0.1) is 13.2 Å². The molecule has 0 aromatic carbocycles. The van der Waals surface area contributed by atoms with Gasteiger partial charge in [0.1, 0.15) is 0 Å². The average molecular weight is 332 g/mol. The fourth-order valence-electron chi connectivity index (χ4n) is 1.60. The van der Waals surface area contributed by atoms with Crippen LogP contribution in [0, 0.1) is 0 Å². The van der Waals surface area contributed by atoms with Crippen molar-refractivity contribution in [3.63, 3.8) is 0 Å². The minimum Gasteiger partial charge on any atom is -0.481 e. The van der Waals surface area contributed by atoms with E-state index < -0.39 is 11.9 Å². The molecule has 9 heteroatoms. The largest absolute Gasteiger partial charge is 0.481 e. The molecule has 0 aromatic rings. The standard InChI is InChI=1S/C14H24N2O7/c17-11(3-1-5-13(19)20)15-7-9-23-10-8-16-12(18)4-2-6-14(21)22/h1-10H2,(H,15,17)(H,16,18)(H,19,20)(H,21,22). The Labute approximate surface area is 134 Å². The van der Waals surface area contributed by atoms with Gasteiger partial charge in [-0.1, -0.05) is 0 Å². The zero-order valence-corrected chi connectivity index (χ0v) is 13.0. The molecule has 0 bridgehead atoms. The first kappa shape index (κ1) is 20.8. The number of rotatable bonds is 14. The zero-order chi connectivity index (χ0) is 17.5. The fraction of sp³-hybridized carbons (Fsp3) is 0.714. The van der Waals surface area contributed by atoms with Crippen molar-refractivity contribution in [1.82, 2.24) is 10.6 Å². The molecule has 0 saturated carbocycles. The summed E-state index contributed by atoms with van der Waals surface area (Å²) in [6, 6.07) is 0. The number of amides is 2. The van der Waals surface area contributed by atoms with Crippen LogP contribution in [-0.2, 0) is 23.9 Å². The van der Waals surface area contributed by atoms with Crippen LogP contribution in [0.3, 0.4) is 0 Å². The summed E-state index contributed by atoms with van der Waals surface area (Å²) in [6.45, 7) is 1.22. The topological polar surface area (TPSA) is 142 Å². The Morgan fingerprint density at radius 3 is 1.43 bits per heavy atom. The van der Waals surface area contributed by atoms with Gasteiger partial charge in [0, 0.05) is 38.8 Å². The van der Waals surface area contributed by atoms with Crippen molar-refractivity contribution >= 4 is 23.8 Å². The molecule has 0 aliphatic carbocycles. The third kappa shape index (κ3) is 16.0. The monoisotopic (exact) mass is 332 g/mol. The van der Waals surface area contributed by atoms with Gasteiger partial charge >= 0.3 is 11.9 Å². The van der Waals surface area contributed by atoms with Gasteiger partial charge in [-0.15, -0.1) is 0 Å². The molecule has 23 heavy (non-hydrogen) atoms. The van der Waals surface area contributed by atoms with E-state index in [9.17, 15) is 19.2 Å². The van der Waals surface area contributed by atoms with Crippen molar-refractivity contribution in [3.8, 4) is 0 Å². The Kier molecular flexibility index (Phi) is 12.2. The van der Waals surface area contributed by atoms with Crippen LogP contribution >= 0.6 is 0 Å². The lowest BCUT2D eigenvalue weighted by atomic mass is 10.2. The highest BCUT2D eigenvalue weighted by Gasteiger charge is 2.04. The van der Waals surface area contributed by atoms with Crippen LogP contribution in [0.2, 0.25) is 0 Å². The van der Waals surface area contributed by atoms with Crippen LogP contribution < -0.4 is 10.6 Å². The molecule has 2 amide bonds. The predicted molar refractivity (Wildman–Crippen MR) is 79.8 cm³/mol. The van der Waals surface area contributed by atoms with E-state index in [-0.39, 0.29) is 37.5 Å². The molecule has 0 fully saturated rings. The molecule has 132 valence electrons. The van der Waals surface area contributed by atoms with Crippen molar-refractivity contribution in [2.75, 3.05) is 26.3 Å². The summed E-state index contributed by atoms with van der Waals surface area (Å²) in [7, 11) is 0. The number of ether oxygens (including phenoxy) is 1. The fourth-order valence-corrected chi connectivity index (χ4v) is 1.60. The Hall–Kier alpha value is -2.16. The highest BCUT2D eigenvalue weighted by molar-refractivity contribution is 5.77. The number of carboxylic acid groups (broad SMARTS) is 2. The quantitative estimate of drug-likeness (QED) is 0.321. The number of carbonyl (C=O) groups is 4. The van der Waals surface area contributed by atoms with E-state index in [0.717, 1.165) is 0 Å². The SMILES string of the molecule is O=C(O)CCCC(=O)NCCOCCNC(=O)CCCC(=O)O. The lowest BCUT2D eigenvalue weighted by Crippen LogP contribution is -2.30. The lowest BCUT2D eigenvalue weighted by Gasteiger charge is -2.07. The summed E-state index contributed by atoms with van der Waals surface area (Å²) in [5.41, 5.74) is 0. The predicted octanol–water partition coefficient (Wildman–Crippen LogP) is -0.255. The van der Waals surface area contributed by atoms with Gasteiger partial charge in [-0.2, -0.15) is 0 Å². The zero-order valence-electron chi connectivity index (χ0n) is 13.0. The van der Waals surface area contributed by atoms with Crippen molar-refractivity contribution in [1.29, 1.82) is 0 Å². The summed E-state index contributed by atoms with van der Waals surface area (Å²) >= 11 is 0. The second kappa shape index (κ2) is 13.5. The average Bonchev–Trinajstić information content (AvgIpc) is 2.45. The minimum absolute atomic E-state index is 0.0317. The molecule has 0 radical (unpaired) electrons. The second-order valence-corrected chi connectivity index (χ2v) is 4.81. The number of nitrogens with one attached hydrogen (secondary N) is 2. The molecule has 0 unspecified atom stereocenters. The number of aliphatic carboxylic acids is 2. The van der Waals surface area contributed by atoms with E-state index in [1.165, 1.54) is 0 Å². The van der Waals surface area contributed by atoms with Crippen LogP contribution in [0.15, 0.2) is 0 Å². The van der Waals surface area contributed by atoms with Gasteiger partial charge in [-0.25, -0.2) is 0 Å². The van der Waals surface area contributed by atoms with Crippen LogP contribution in [-0.4, -0.2) is 60.3 Å². The lowest BCUT2D eigenvalue weighted by molar-refractivity contribution is -0.138. The third-order valence-corrected chi connectivity index (χ3v) is 2.73. The van der Waals surface area contributed by atoms with Gasteiger partial charge in [0.15, 0.2) is 0 Å². The van der Waals surface area contributed by atoms with Gasteiger partial charge in [-0.3, -0.25) is 19.2 Å². The first-order valence-electron chi connectivity index (χ1n) is 7.46. The molecular weight excluding hydrogens is 308 g/mol. The summed E-state index contributed by atoms with van der Waals surface area (Å²) in [5, 5.41) is 22.0. The summed E-state index contributed by atoms with van der Waals surface area (Å²) < 4.78 is 5.20. The van der Waals surface area contributed by atoms with E-state index in [1.54, 1.807) is 0 Å². The molecule has 4 N–H and O–H groups in total. The van der Waals surface area contributed by atoms with Crippen LogP contribution in [0.5, 0.6) is 0 Å². The van der Waals surface area contributed by atoms with Gasteiger partial charge in [0.25, 0.3) is 0 Å². The van der Waals surface area contributed by atoms with E-state index in [2.05, 4.69) is 10.6 Å². The Balaban J connectivity index is 3.35. The maximum atomic E-state index is 11.3. The first-order valence-corrected chi connectivity index (χ1v) is 7.46. The van der Waals surface area contributed by atoms with Crippen LogP contribution in [0.25, 0.3) is 0 Å². The van der Waals surface area contributed by atoms with Gasteiger partial charge < -0.3 is 25.6 Å². The van der Waals surface area contributed by atoms with Crippen LogP contribution in [0.1, 0.15) is 38.5 Å². The van der Waals surface area contributed by atoms with E-state index in [1.807, 2.05) is 0 Å². The number of hydrogen-bond acceptors (Lipinski definition) is 5. The van der Waals surface area contributed by atoms with Crippen molar-refractivity contribution in [2.45, 2.75) is 38.5 Å². The van der Waals surface area contributed by atoms with Crippen molar-refractivity contribution in [2.24, 2.45) is 0 Å². The Morgan fingerprint density at radius 1 is 0.696 bits per heavy atom. The second-order valence-electron chi connectivity index (χ2n) is 4.81. The van der Waals surface area contributed by atoms with Crippen molar-refractivity contribution < 1.29 is 34.1 Å². The van der Waals surface area contributed by atoms with Crippen molar-refractivity contribution in [3.05, 3.63) is 0 Å². The van der Waals surface area contributed by atoms with E-state index in [0.29, 0.717) is 39.1 Å². The molecule has 0 aliphatic rings. The minimum atomic E-state index is -0.925. The highest BCUT2D eigenvalue weighted by Crippen LogP contribution is 1.95. The molecule has 0 heterocycles. The number of hydrogen-bond donors (Lipinski definition) is 4. The van der Waals surface area contributed by atoms with Gasteiger partial charge in [-0.05, 0) is 12.8 Å². The number of carbonyl (C=O) groups excluding carboxylic acids is 2. The molecule has 0 rings (SSSR count). The third-order valence-electron chi connectivity index (χ3n) is 2.73. The maximum absolute atomic E-state index is 11.3. The Morgan fingerprint density at radius 2 is 1.09 bits per heavy atom. The molecule has 0 atom stereocenters. The van der Waals surface area contributed by atoms with E-state index in [4.69, 9.17) is 14.9 Å². The van der Waals surface area contributed by atoms with E-state index >= 15 is 0 Å². The van der Waals surface area contributed by atoms with Crippen LogP contribution in [0.4, 0.5) is 0 Å². The normalized spacial score (nSPS) is 10.1. The summed E-state index contributed by atoms with van der Waals surface area (Å²) in [5.74, 6) is -2.29. The maximum Gasteiger partial charge on any atom is 0.303 e. The first-order chi connectivity index (χ1) is 10.9. The number of carboxylic acids is 2. The van der Waals surface area contributed by atoms with Gasteiger partial charge in [0.2, 0.25) is 11.8 Å². The molecule has 0 aliphatic heterocycles. The summed E-state index contributed by atoms with van der Waals surface area (Å²) in [4.78, 5) is 43.1. The molecule has 0 aromatic heterocycles. The molecular formula is C14H24N2O7.